The minimum atomic E-state index is -1.16. The third-order valence-electron chi connectivity index (χ3n) is 3.89. The number of benzene rings is 1. The number of nitrogens with one attached hydrogen (secondary N) is 1. The van der Waals surface area contributed by atoms with Crippen molar-refractivity contribution in [2.45, 2.75) is 71.1 Å². The first kappa shape index (κ1) is 20.8. The summed E-state index contributed by atoms with van der Waals surface area (Å²) < 4.78 is 15.4. The summed E-state index contributed by atoms with van der Waals surface area (Å²) in [5.74, 6) is -0.240. The van der Waals surface area contributed by atoms with Crippen LogP contribution in [0.15, 0.2) is 24.3 Å². The molecular weight excluding hydrogens is 322 g/mol. The molecule has 2 N–H and O–H groups in total. The monoisotopic (exact) mass is 353 g/mol. The zero-order valence-corrected chi connectivity index (χ0v) is 16.3. The SMILES string of the molecule is CC(C)CCCC[C@@H](N[S@@](=O)C(C)(C)C)c1ccc(C(=O)O)cc1. The van der Waals surface area contributed by atoms with Crippen LogP contribution in [0.25, 0.3) is 0 Å². The number of hydrogen-bond donors (Lipinski definition) is 2. The Hall–Kier alpha value is -1.20. The van der Waals surface area contributed by atoms with Crippen LogP contribution in [-0.4, -0.2) is 20.0 Å². The molecule has 0 bridgehead atoms. The third-order valence-corrected chi connectivity index (χ3v) is 5.50. The number of carboxylic acids is 1. The van der Waals surface area contributed by atoms with Crippen molar-refractivity contribution in [3.63, 3.8) is 0 Å². The smallest absolute Gasteiger partial charge is 0.335 e. The Balaban J connectivity index is 2.83. The van der Waals surface area contributed by atoms with E-state index in [-0.39, 0.29) is 16.4 Å². The summed E-state index contributed by atoms with van der Waals surface area (Å²) in [6.45, 7) is 10.3. The molecule has 4 nitrogen and oxygen atoms in total. The molecule has 0 unspecified atom stereocenters. The maximum atomic E-state index is 12.5. The van der Waals surface area contributed by atoms with Gasteiger partial charge in [-0.1, -0.05) is 45.2 Å². The molecule has 0 spiro atoms. The Morgan fingerprint density at radius 2 is 1.67 bits per heavy atom. The van der Waals surface area contributed by atoms with Gasteiger partial charge in [0.2, 0.25) is 0 Å². The first-order chi connectivity index (χ1) is 11.1. The molecule has 5 heteroatoms. The summed E-state index contributed by atoms with van der Waals surface area (Å²) >= 11 is 0. The standard InChI is InChI=1S/C19H31NO3S/c1-14(2)8-6-7-9-17(20-24(23)19(3,4)5)15-10-12-16(13-11-15)18(21)22/h10-14,17,20H,6-9H2,1-5H3,(H,21,22)/t17-,24+/m1/s1. The molecule has 0 radical (unpaired) electrons. The molecule has 1 aromatic rings. The van der Waals surface area contributed by atoms with Gasteiger partial charge in [-0.25, -0.2) is 13.7 Å². The van der Waals surface area contributed by atoms with Crippen LogP contribution in [0.5, 0.6) is 0 Å². The summed E-state index contributed by atoms with van der Waals surface area (Å²) in [5.41, 5.74) is 1.26. The summed E-state index contributed by atoms with van der Waals surface area (Å²) in [4.78, 5) is 11.0. The number of unbranched alkanes of at least 4 members (excludes halogenated alkanes) is 1. The van der Waals surface area contributed by atoms with E-state index in [9.17, 15) is 9.00 Å². The number of carboxylic acid groups (broad SMARTS) is 1. The number of aromatic carboxylic acids is 1. The molecule has 0 amide bonds. The zero-order valence-electron chi connectivity index (χ0n) is 15.5. The van der Waals surface area contributed by atoms with E-state index in [1.165, 1.54) is 6.42 Å². The minimum Gasteiger partial charge on any atom is -0.478 e. The number of rotatable bonds is 9. The van der Waals surface area contributed by atoms with Gasteiger partial charge >= 0.3 is 5.97 Å². The summed E-state index contributed by atoms with van der Waals surface area (Å²) in [6.07, 6.45) is 4.27. The summed E-state index contributed by atoms with van der Waals surface area (Å²) in [5, 5.41) is 9.03. The Bertz CT molecular complexity index is 547. The second kappa shape index (κ2) is 9.33. The lowest BCUT2D eigenvalue weighted by Crippen LogP contribution is -2.35. The van der Waals surface area contributed by atoms with Crippen molar-refractivity contribution in [1.29, 1.82) is 0 Å². The summed E-state index contributed by atoms with van der Waals surface area (Å²) in [6, 6.07) is 6.84. The van der Waals surface area contributed by atoms with Gasteiger partial charge in [0.25, 0.3) is 0 Å². The van der Waals surface area contributed by atoms with E-state index in [1.807, 2.05) is 32.9 Å². The fraction of sp³-hybridized carbons (Fsp3) is 0.632. The van der Waals surface area contributed by atoms with Gasteiger partial charge in [0, 0.05) is 6.04 Å². The van der Waals surface area contributed by atoms with E-state index in [0.717, 1.165) is 24.8 Å². The third kappa shape index (κ3) is 7.14. The van der Waals surface area contributed by atoms with Gasteiger partial charge in [0.05, 0.1) is 21.3 Å². The lowest BCUT2D eigenvalue weighted by molar-refractivity contribution is 0.0697. The van der Waals surface area contributed by atoms with Crippen LogP contribution in [0.3, 0.4) is 0 Å². The molecule has 0 heterocycles. The van der Waals surface area contributed by atoms with Gasteiger partial charge < -0.3 is 5.11 Å². The molecule has 1 aromatic carbocycles. The first-order valence-corrected chi connectivity index (χ1v) is 9.77. The van der Waals surface area contributed by atoms with Crippen LogP contribution in [0, 0.1) is 5.92 Å². The molecule has 0 aromatic heterocycles. The number of carbonyl (C=O) groups is 1. The zero-order chi connectivity index (χ0) is 18.3. The first-order valence-electron chi connectivity index (χ1n) is 8.62. The van der Waals surface area contributed by atoms with Crippen LogP contribution in [0.4, 0.5) is 0 Å². The molecule has 0 fully saturated rings. The molecule has 0 aliphatic rings. The Labute approximate surface area is 148 Å². The fourth-order valence-electron chi connectivity index (χ4n) is 2.36. The molecule has 24 heavy (non-hydrogen) atoms. The molecule has 136 valence electrons. The fourth-order valence-corrected chi connectivity index (χ4v) is 3.22. The highest BCUT2D eigenvalue weighted by molar-refractivity contribution is 7.84. The quantitative estimate of drug-likeness (QED) is 0.633. The lowest BCUT2D eigenvalue weighted by Gasteiger charge is -2.25. The summed E-state index contributed by atoms with van der Waals surface area (Å²) in [7, 11) is -1.16. The molecule has 0 saturated heterocycles. The van der Waals surface area contributed by atoms with Crippen molar-refractivity contribution < 1.29 is 14.1 Å². The highest BCUT2D eigenvalue weighted by Gasteiger charge is 2.23. The predicted molar refractivity (Wildman–Crippen MR) is 100 cm³/mol. The van der Waals surface area contributed by atoms with E-state index in [4.69, 9.17) is 5.11 Å². The van der Waals surface area contributed by atoms with Gasteiger partial charge in [-0.2, -0.15) is 0 Å². The average molecular weight is 354 g/mol. The van der Waals surface area contributed by atoms with Crippen molar-refractivity contribution in [2.75, 3.05) is 0 Å². The van der Waals surface area contributed by atoms with E-state index < -0.39 is 17.0 Å². The highest BCUT2D eigenvalue weighted by Crippen LogP contribution is 2.24. The second-order valence-corrected chi connectivity index (χ2v) is 9.65. The maximum absolute atomic E-state index is 12.5. The Morgan fingerprint density at radius 3 is 2.12 bits per heavy atom. The number of hydrogen-bond acceptors (Lipinski definition) is 2. The Kier molecular flexibility index (Phi) is 8.10. The largest absolute Gasteiger partial charge is 0.478 e. The minimum absolute atomic E-state index is 0.0277. The van der Waals surface area contributed by atoms with E-state index in [1.54, 1.807) is 12.1 Å². The van der Waals surface area contributed by atoms with Crippen molar-refractivity contribution in [3.8, 4) is 0 Å². The van der Waals surface area contributed by atoms with Crippen LogP contribution >= 0.6 is 0 Å². The van der Waals surface area contributed by atoms with Crippen molar-refractivity contribution in [3.05, 3.63) is 35.4 Å². The second-order valence-electron chi connectivity index (χ2n) is 7.66. The maximum Gasteiger partial charge on any atom is 0.335 e. The normalized spacial score (nSPS) is 14.6. The van der Waals surface area contributed by atoms with Crippen LogP contribution < -0.4 is 4.72 Å². The Morgan fingerprint density at radius 1 is 1.12 bits per heavy atom. The van der Waals surface area contributed by atoms with Gasteiger partial charge in [-0.15, -0.1) is 0 Å². The molecule has 1 rings (SSSR count). The van der Waals surface area contributed by atoms with Crippen molar-refractivity contribution in [1.82, 2.24) is 4.72 Å². The molecule has 2 atom stereocenters. The van der Waals surface area contributed by atoms with E-state index in [2.05, 4.69) is 18.6 Å². The van der Waals surface area contributed by atoms with Gasteiger partial charge in [0.15, 0.2) is 0 Å². The van der Waals surface area contributed by atoms with Crippen molar-refractivity contribution >= 4 is 17.0 Å². The molecule has 0 saturated carbocycles. The topological polar surface area (TPSA) is 66.4 Å². The van der Waals surface area contributed by atoms with Crippen molar-refractivity contribution in [2.24, 2.45) is 5.92 Å². The molecular formula is C19H31NO3S. The van der Waals surface area contributed by atoms with E-state index >= 15 is 0 Å². The average Bonchev–Trinajstić information content (AvgIpc) is 2.49. The van der Waals surface area contributed by atoms with Crippen LogP contribution in [0.1, 0.15) is 82.3 Å². The van der Waals surface area contributed by atoms with Gasteiger partial charge in [-0.05, 0) is 50.8 Å². The molecule has 0 aliphatic carbocycles. The lowest BCUT2D eigenvalue weighted by atomic mass is 9.98. The molecule has 0 aliphatic heterocycles. The van der Waals surface area contributed by atoms with Crippen LogP contribution in [0.2, 0.25) is 0 Å². The van der Waals surface area contributed by atoms with E-state index in [0.29, 0.717) is 5.92 Å². The van der Waals surface area contributed by atoms with Crippen LogP contribution in [-0.2, 0) is 11.0 Å². The van der Waals surface area contributed by atoms with Gasteiger partial charge in [0.1, 0.15) is 0 Å². The van der Waals surface area contributed by atoms with Gasteiger partial charge in [-0.3, -0.25) is 0 Å². The highest BCUT2D eigenvalue weighted by atomic mass is 32.2. The predicted octanol–water partition coefficient (Wildman–Crippen LogP) is 4.69.